The third-order valence-electron chi connectivity index (χ3n) is 6.84. The quantitative estimate of drug-likeness (QED) is 0.320. The summed E-state index contributed by atoms with van der Waals surface area (Å²) in [6.45, 7) is 1.07. The third kappa shape index (κ3) is 6.21. The van der Waals surface area contributed by atoms with Crippen LogP contribution in [0.3, 0.4) is 0 Å². The SMILES string of the molecule is COc1ccc([C@@H](C(=O)NC[C@H]2CCCO2)N(Cc2ccccc2Cl)C(=O)Cn2nnc3ccccc32)cc1. The Bertz CT molecular complexity index is 1440. The standard InChI is InChI=1S/C29H30ClN5O4/c1-38-22-14-12-20(13-15-22)28(29(37)31-17-23-8-6-16-39-23)34(18-21-7-2-3-9-24(21)30)27(36)19-35-26-11-5-4-10-25(26)32-33-35/h2-5,7,9-15,23,28H,6,8,16-19H2,1H3,(H,31,37)/t23-,28+/m1/s1. The number of halogens is 1. The Balaban J connectivity index is 1.51. The van der Waals surface area contributed by atoms with Gasteiger partial charge in [-0.05, 0) is 54.3 Å². The molecule has 2 atom stereocenters. The van der Waals surface area contributed by atoms with Gasteiger partial charge in [0.2, 0.25) is 11.8 Å². The molecule has 2 heterocycles. The molecule has 1 aliphatic rings. The van der Waals surface area contributed by atoms with Gasteiger partial charge < -0.3 is 19.7 Å². The van der Waals surface area contributed by atoms with Gasteiger partial charge in [0, 0.05) is 24.7 Å². The molecule has 0 saturated carbocycles. The number of para-hydroxylation sites is 1. The van der Waals surface area contributed by atoms with Gasteiger partial charge in [-0.1, -0.05) is 59.3 Å². The van der Waals surface area contributed by atoms with Crippen molar-refractivity contribution in [1.82, 2.24) is 25.2 Å². The van der Waals surface area contributed by atoms with Gasteiger partial charge in [0.1, 0.15) is 23.9 Å². The van der Waals surface area contributed by atoms with E-state index in [2.05, 4.69) is 15.6 Å². The summed E-state index contributed by atoms with van der Waals surface area (Å²) in [7, 11) is 1.58. The zero-order chi connectivity index (χ0) is 27.2. The molecule has 0 spiro atoms. The lowest BCUT2D eigenvalue weighted by molar-refractivity contribution is -0.142. The second kappa shape index (κ2) is 12.3. The first-order valence-electron chi connectivity index (χ1n) is 12.9. The summed E-state index contributed by atoms with van der Waals surface area (Å²) in [5, 5.41) is 11.9. The summed E-state index contributed by atoms with van der Waals surface area (Å²) in [5.74, 6) is 0.0357. The van der Waals surface area contributed by atoms with E-state index in [1.807, 2.05) is 42.5 Å². The first kappa shape index (κ1) is 26.6. The van der Waals surface area contributed by atoms with Crippen LogP contribution in [0.2, 0.25) is 5.02 Å². The molecule has 10 heteroatoms. The number of carbonyl (C=O) groups excluding carboxylic acids is 2. The van der Waals surface area contributed by atoms with Crippen LogP contribution < -0.4 is 10.1 Å². The predicted molar refractivity (Wildman–Crippen MR) is 147 cm³/mol. The molecule has 0 unspecified atom stereocenters. The maximum absolute atomic E-state index is 14.0. The molecule has 0 aliphatic carbocycles. The zero-order valence-corrected chi connectivity index (χ0v) is 22.4. The van der Waals surface area contributed by atoms with Crippen LogP contribution in [0.4, 0.5) is 0 Å². The van der Waals surface area contributed by atoms with E-state index in [4.69, 9.17) is 21.1 Å². The fourth-order valence-corrected chi connectivity index (χ4v) is 4.96. The molecule has 9 nitrogen and oxygen atoms in total. The van der Waals surface area contributed by atoms with Crippen LogP contribution in [-0.4, -0.2) is 58.1 Å². The number of methoxy groups -OCH3 is 1. The number of fused-ring (bicyclic) bond motifs is 1. The molecule has 5 rings (SSSR count). The van der Waals surface area contributed by atoms with Crippen LogP contribution in [0, 0.1) is 0 Å². The topological polar surface area (TPSA) is 98.6 Å². The van der Waals surface area contributed by atoms with Crippen molar-refractivity contribution in [2.45, 2.75) is 38.1 Å². The van der Waals surface area contributed by atoms with Crippen LogP contribution in [0.15, 0.2) is 72.8 Å². The lowest BCUT2D eigenvalue weighted by Crippen LogP contribution is -2.46. The molecule has 39 heavy (non-hydrogen) atoms. The Labute approximate surface area is 231 Å². The fourth-order valence-electron chi connectivity index (χ4n) is 4.76. The molecule has 1 aromatic heterocycles. The van der Waals surface area contributed by atoms with E-state index in [1.54, 1.807) is 47.0 Å². The van der Waals surface area contributed by atoms with Gasteiger partial charge in [-0.3, -0.25) is 9.59 Å². The minimum absolute atomic E-state index is 0.0419. The first-order valence-corrected chi connectivity index (χ1v) is 13.3. The van der Waals surface area contributed by atoms with E-state index in [-0.39, 0.29) is 31.0 Å². The summed E-state index contributed by atoms with van der Waals surface area (Å²) < 4.78 is 12.6. The van der Waals surface area contributed by atoms with Gasteiger partial charge >= 0.3 is 0 Å². The predicted octanol–water partition coefficient (Wildman–Crippen LogP) is 4.16. The normalized spacial score (nSPS) is 15.7. The molecule has 0 bridgehead atoms. The number of ether oxygens (including phenoxy) is 2. The number of carbonyl (C=O) groups is 2. The molecule has 4 aromatic rings. The van der Waals surface area contributed by atoms with E-state index >= 15 is 0 Å². The van der Waals surface area contributed by atoms with E-state index in [1.165, 1.54) is 0 Å². The number of benzene rings is 3. The number of nitrogens with zero attached hydrogens (tertiary/aromatic N) is 4. The van der Waals surface area contributed by atoms with E-state index in [9.17, 15) is 9.59 Å². The maximum atomic E-state index is 14.0. The summed E-state index contributed by atoms with van der Waals surface area (Å²) in [5.41, 5.74) is 2.78. The Morgan fingerprint density at radius 2 is 1.90 bits per heavy atom. The van der Waals surface area contributed by atoms with Gasteiger partial charge in [0.15, 0.2) is 0 Å². The number of rotatable bonds is 10. The molecular formula is C29H30ClN5O4. The van der Waals surface area contributed by atoms with Crippen molar-refractivity contribution in [3.05, 3.63) is 88.9 Å². The minimum atomic E-state index is -0.934. The van der Waals surface area contributed by atoms with Crippen LogP contribution in [-0.2, 0) is 27.4 Å². The van der Waals surface area contributed by atoms with Crippen molar-refractivity contribution in [1.29, 1.82) is 0 Å². The van der Waals surface area contributed by atoms with Crippen molar-refractivity contribution in [3.8, 4) is 5.75 Å². The van der Waals surface area contributed by atoms with Crippen molar-refractivity contribution in [2.24, 2.45) is 0 Å². The van der Waals surface area contributed by atoms with Gasteiger partial charge in [0.05, 0.1) is 18.7 Å². The van der Waals surface area contributed by atoms with Gasteiger partial charge in [0.25, 0.3) is 0 Å². The zero-order valence-electron chi connectivity index (χ0n) is 21.6. The first-order chi connectivity index (χ1) is 19.0. The van der Waals surface area contributed by atoms with Crippen LogP contribution in [0.25, 0.3) is 11.0 Å². The summed E-state index contributed by atoms with van der Waals surface area (Å²) in [4.78, 5) is 29.4. The molecule has 3 aromatic carbocycles. The van der Waals surface area contributed by atoms with Crippen molar-refractivity contribution in [2.75, 3.05) is 20.3 Å². The Morgan fingerprint density at radius 1 is 1.13 bits per heavy atom. The molecule has 202 valence electrons. The van der Waals surface area contributed by atoms with E-state index in [0.717, 1.165) is 23.9 Å². The summed E-state index contributed by atoms with van der Waals surface area (Å²) in [6.07, 6.45) is 1.81. The Morgan fingerprint density at radius 3 is 2.64 bits per heavy atom. The second-order valence-electron chi connectivity index (χ2n) is 9.40. The lowest BCUT2D eigenvalue weighted by atomic mass is 10.0. The third-order valence-corrected chi connectivity index (χ3v) is 7.21. The van der Waals surface area contributed by atoms with Gasteiger partial charge in [-0.25, -0.2) is 4.68 Å². The van der Waals surface area contributed by atoms with Gasteiger partial charge in [-0.15, -0.1) is 5.10 Å². The highest BCUT2D eigenvalue weighted by molar-refractivity contribution is 6.31. The number of amides is 2. The fraction of sp³-hybridized carbons (Fsp3) is 0.310. The average Bonchev–Trinajstić information content (AvgIpc) is 3.63. The number of hydrogen-bond donors (Lipinski definition) is 1. The van der Waals surface area contributed by atoms with E-state index in [0.29, 0.717) is 35.0 Å². The highest BCUT2D eigenvalue weighted by Crippen LogP contribution is 2.28. The molecular weight excluding hydrogens is 518 g/mol. The molecule has 1 fully saturated rings. The van der Waals surface area contributed by atoms with Gasteiger partial charge in [-0.2, -0.15) is 0 Å². The van der Waals surface area contributed by atoms with Crippen LogP contribution in [0.1, 0.15) is 30.0 Å². The molecule has 1 aliphatic heterocycles. The monoisotopic (exact) mass is 547 g/mol. The van der Waals surface area contributed by atoms with Crippen molar-refractivity contribution >= 4 is 34.4 Å². The largest absolute Gasteiger partial charge is 0.497 e. The molecule has 1 N–H and O–H groups in total. The highest BCUT2D eigenvalue weighted by Gasteiger charge is 2.33. The summed E-state index contributed by atoms with van der Waals surface area (Å²) >= 11 is 6.51. The molecule has 1 saturated heterocycles. The Hall–Kier alpha value is -3.95. The molecule has 0 radical (unpaired) electrons. The number of nitrogens with one attached hydrogen (secondary N) is 1. The minimum Gasteiger partial charge on any atom is -0.497 e. The van der Waals surface area contributed by atoms with Crippen LogP contribution in [0.5, 0.6) is 5.75 Å². The summed E-state index contributed by atoms with van der Waals surface area (Å²) in [6, 6.07) is 20.9. The van der Waals surface area contributed by atoms with Crippen molar-refractivity contribution < 1.29 is 19.1 Å². The molecule has 2 amide bonds. The highest BCUT2D eigenvalue weighted by atomic mass is 35.5. The van der Waals surface area contributed by atoms with E-state index < -0.39 is 6.04 Å². The Kier molecular flexibility index (Phi) is 8.39. The second-order valence-corrected chi connectivity index (χ2v) is 9.81. The number of aromatic nitrogens is 3. The lowest BCUT2D eigenvalue weighted by Gasteiger charge is -2.32. The smallest absolute Gasteiger partial charge is 0.247 e. The number of hydrogen-bond acceptors (Lipinski definition) is 6. The van der Waals surface area contributed by atoms with Crippen molar-refractivity contribution in [3.63, 3.8) is 0 Å². The average molecular weight is 548 g/mol. The maximum Gasteiger partial charge on any atom is 0.247 e. The van der Waals surface area contributed by atoms with Crippen LogP contribution >= 0.6 is 11.6 Å².